The maximum absolute atomic E-state index is 14.2. The van der Waals surface area contributed by atoms with Crippen LogP contribution in [0.1, 0.15) is 16.1 Å². The third kappa shape index (κ3) is 6.21. The van der Waals surface area contributed by atoms with E-state index in [-0.39, 0.29) is 27.4 Å². The fraction of sp³-hybridized carbons (Fsp3) is 0.226. The fourth-order valence-electron chi connectivity index (χ4n) is 5.06. The molecule has 0 unspecified atom stereocenters. The lowest BCUT2D eigenvalue weighted by Crippen LogP contribution is -2.50. The predicted molar refractivity (Wildman–Crippen MR) is 175 cm³/mol. The number of carbonyl (C=O) groups excluding carboxylic acids is 3. The van der Waals surface area contributed by atoms with Gasteiger partial charge in [0.25, 0.3) is 5.91 Å². The van der Waals surface area contributed by atoms with Gasteiger partial charge in [-0.1, -0.05) is 35.6 Å². The highest BCUT2D eigenvalue weighted by molar-refractivity contribution is 7.17. The molecule has 3 amide bonds. The summed E-state index contributed by atoms with van der Waals surface area (Å²) in [6, 6.07) is 9.54. The molecule has 5 heterocycles. The molecular weight excluding hydrogens is 635 g/mol. The van der Waals surface area contributed by atoms with Crippen molar-refractivity contribution in [3.8, 4) is 17.0 Å². The van der Waals surface area contributed by atoms with Crippen LogP contribution >= 0.6 is 22.9 Å². The summed E-state index contributed by atoms with van der Waals surface area (Å²) >= 11 is 7.08. The van der Waals surface area contributed by atoms with Crippen LogP contribution in [0.2, 0.25) is 5.02 Å². The van der Waals surface area contributed by atoms with Crippen LogP contribution in [-0.4, -0.2) is 77.4 Å². The van der Waals surface area contributed by atoms with Crippen molar-refractivity contribution < 1.29 is 23.5 Å². The molecule has 0 saturated carbocycles. The van der Waals surface area contributed by atoms with Crippen LogP contribution in [0.3, 0.4) is 0 Å². The van der Waals surface area contributed by atoms with E-state index in [9.17, 15) is 18.8 Å². The first-order valence-electron chi connectivity index (χ1n) is 14.3. The number of aromatic nitrogens is 3. The largest absolute Gasteiger partial charge is 0.493 e. The van der Waals surface area contributed by atoms with Gasteiger partial charge in [0, 0.05) is 50.9 Å². The molecule has 2 aliphatic rings. The Hall–Kier alpha value is -5.08. The minimum absolute atomic E-state index is 0.00611. The number of nitrogens with zero attached hydrogens (tertiary/aromatic N) is 6. The van der Waals surface area contributed by atoms with Gasteiger partial charge < -0.3 is 30.1 Å². The number of pyridine rings is 2. The summed E-state index contributed by atoms with van der Waals surface area (Å²) < 4.78 is 19.7. The normalized spacial score (nSPS) is 14.5. The average molecular weight is 663 g/mol. The van der Waals surface area contributed by atoms with Crippen molar-refractivity contribution in [1.82, 2.24) is 19.9 Å². The summed E-state index contributed by atoms with van der Waals surface area (Å²) in [6.45, 7) is 6.33. The lowest BCUT2D eigenvalue weighted by atomic mass is 10.1. The van der Waals surface area contributed by atoms with E-state index in [1.807, 2.05) is 6.07 Å². The van der Waals surface area contributed by atoms with Gasteiger partial charge in [-0.3, -0.25) is 14.4 Å². The van der Waals surface area contributed by atoms with Gasteiger partial charge in [0.2, 0.25) is 11.8 Å². The second-order valence-electron chi connectivity index (χ2n) is 10.3. The Morgan fingerprint density at radius 1 is 1.11 bits per heavy atom. The zero-order valence-corrected chi connectivity index (χ0v) is 26.2. The van der Waals surface area contributed by atoms with Crippen LogP contribution < -0.4 is 25.2 Å². The number of benzene rings is 1. The molecule has 6 rings (SSSR count). The number of halogens is 2. The number of anilines is 5. The SMILES string of the molecule is C=CC(=O)N1CCN(c2ncc(-c3ccc(OC)c(Nc4ncc(C(=O)Nc5c(F)cccc5Cl)s4)n3)cc2N2CCC2=O)CC1. The number of piperazine rings is 1. The van der Waals surface area contributed by atoms with Crippen molar-refractivity contribution >= 4 is 68.8 Å². The van der Waals surface area contributed by atoms with E-state index in [2.05, 4.69) is 27.1 Å². The van der Waals surface area contributed by atoms with Gasteiger partial charge >= 0.3 is 0 Å². The second kappa shape index (κ2) is 13.1. The summed E-state index contributed by atoms with van der Waals surface area (Å²) in [5, 5.41) is 6.02. The van der Waals surface area contributed by atoms with Crippen molar-refractivity contribution in [2.75, 3.05) is 60.3 Å². The van der Waals surface area contributed by atoms with Gasteiger partial charge in [-0.25, -0.2) is 19.3 Å². The van der Waals surface area contributed by atoms with Crippen molar-refractivity contribution in [2.45, 2.75) is 6.42 Å². The lowest BCUT2D eigenvalue weighted by molar-refractivity contribution is -0.126. The van der Waals surface area contributed by atoms with E-state index in [1.165, 1.54) is 37.6 Å². The molecule has 0 atom stereocenters. The Morgan fingerprint density at radius 2 is 1.91 bits per heavy atom. The quantitative estimate of drug-likeness (QED) is 0.188. The second-order valence-corrected chi connectivity index (χ2v) is 11.8. The summed E-state index contributed by atoms with van der Waals surface area (Å²) in [5.41, 5.74) is 1.79. The number of hydrogen-bond donors (Lipinski definition) is 2. The average Bonchev–Trinajstić information content (AvgIpc) is 3.54. The summed E-state index contributed by atoms with van der Waals surface area (Å²) in [7, 11) is 1.51. The van der Waals surface area contributed by atoms with Crippen molar-refractivity contribution in [3.63, 3.8) is 0 Å². The third-order valence-corrected chi connectivity index (χ3v) is 8.81. The number of ether oxygens (including phenoxy) is 1. The number of para-hydroxylation sites is 1. The van der Waals surface area contributed by atoms with E-state index in [0.29, 0.717) is 78.6 Å². The van der Waals surface area contributed by atoms with Gasteiger partial charge in [-0.15, -0.1) is 0 Å². The minimum atomic E-state index is -0.652. The van der Waals surface area contributed by atoms with E-state index >= 15 is 0 Å². The van der Waals surface area contributed by atoms with Crippen LogP contribution in [0.5, 0.6) is 5.75 Å². The van der Waals surface area contributed by atoms with Gasteiger partial charge in [-0.2, -0.15) is 0 Å². The van der Waals surface area contributed by atoms with Crippen LogP contribution in [0.15, 0.2) is 61.4 Å². The molecule has 0 spiro atoms. The van der Waals surface area contributed by atoms with Crippen LogP contribution in [0.25, 0.3) is 11.3 Å². The van der Waals surface area contributed by atoms with Gasteiger partial charge in [-0.05, 0) is 36.4 Å². The van der Waals surface area contributed by atoms with E-state index in [4.69, 9.17) is 26.3 Å². The number of methoxy groups -OCH3 is 1. The molecule has 3 aromatic heterocycles. The molecule has 0 aliphatic carbocycles. The number of nitrogens with one attached hydrogen (secondary N) is 2. The molecular formula is C31H28ClFN8O4S. The van der Waals surface area contributed by atoms with Gasteiger partial charge in [0.05, 0.1) is 35.4 Å². The van der Waals surface area contributed by atoms with E-state index in [1.54, 1.807) is 28.1 Å². The van der Waals surface area contributed by atoms with Gasteiger partial charge in [0.1, 0.15) is 10.7 Å². The van der Waals surface area contributed by atoms with E-state index in [0.717, 1.165) is 11.3 Å². The first-order chi connectivity index (χ1) is 22.2. The molecule has 46 heavy (non-hydrogen) atoms. The smallest absolute Gasteiger partial charge is 0.267 e. The maximum Gasteiger partial charge on any atom is 0.267 e. The molecule has 236 valence electrons. The monoisotopic (exact) mass is 662 g/mol. The fourth-order valence-corrected chi connectivity index (χ4v) is 5.98. The Bertz CT molecular complexity index is 1820. The number of amides is 3. The molecule has 1 aromatic carbocycles. The molecule has 2 N–H and O–H groups in total. The van der Waals surface area contributed by atoms with Crippen LogP contribution in [0.4, 0.5) is 32.5 Å². The minimum Gasteiger partial charge on any atom is -0.493 e. The molecule has 12 nitrogen and oxygen atoms in total. The topological polar surface area (TPSA) is 133 Å². The van der Waals surface area contributed by atoms with Gasteiger partial charge in [0.15, 0.2) is 22.5 Å². The number of β-lactam (4-membered cyclic amide) rings is 1. The zero-order valence-electron chi connectivity index (χ0n) is 24.6. The highest BCUT2D eigenvalue weighted by Crippen LogP contribution is 2.37. The molecule has 2 saturated heterocycles. The first kappa shape index (κ1) is 30.9. The van der Waals surface area contributed by atoms with Crippen molar-refractivity contribution in [2.24, 2.45) is 0 Å². The third-order valence-electron chi connectivity index (χ3n) is 7.58. The highest BCUT2D eigenvalue weighted by Gasteiger charge is 2.31. The highest BCUT2D eigenvalue weighted by atomic mass is 35.5. The maximum atomic E-state index is 14.2. The molecule has 15 heteroatoms. The Morgan fingerprint density at radius 3 is 2.59 bits per heavy atom. The molecule has 2 aliphatic heterocycles. The standard InChI is InChI=1S/C31H28ClFN8O4S/c1-3-25(42)39-11-13-40(14-12-39)29-22(41-10-9-26(41)43)15-18(16-34-29)21-7-8-23(45-2)28(36-21)38-31-35-17-24(46-31)30(44)37-27-19(32)5-4-6-20(27)33/h3-8,15-17H,1,9-14H2,2H3,(H,37,44)(H,35,36,38). The Labute approximate surface area is 272 Å². The van der Waals surface area contributed by atoms with E-state index < -0.39 is 11.7 Å². The zero-order chi connectivity index (χ0) is 32.4. The Kier molecular flexibility index (Phi) is 8.81. The molecule has 0 bridgehead atoms. The van der Waals surface area contributed by atoms with Crippen molar-refractivity contribution in [3.05, 3.63) is 77.2 Å². The molecule has 2 fully saturated rings. The summed E-state index contributed by atoms with van der Waals surface area (Å²) in [4.78, 5) is 56.9. The van der Waals surface area contributed by atoms with Crippen molar-refractivity contribution in [1.29, 1.82) is 0 Å². The summed E-state index contributed by atoms with van der Waals surface area (Å²) in [5.74, 6) is 0.109. The van der Waals surface area contributed by atoms with Crippen LogP contribution in [-0.2, 0) is 9.59 Å². The number of carbonyl (C=O) groups is 3. The first-order valence-corrected chi connectivity index (χ1v) is 15.5. The van der Waals surface area contributed by atoms with Crippen LogP contribution in [0, 0.1) is 5.82 Å². The Balaban J connectivity index is 1.24. The molecule has 4 aromatic rings. The molecule has 0 radical (unpaired) electrons. The lowest BCUT2D eigenvalue weighted by Gasteiger charge is -2.38. The predicted octanol–water partition coefficient (Wildman–Crippen LogP) is 4.97. The summed E-state index contributed by atoms with van der Waals surface area (Å²) in [6.07, 6.45) is 4.83. The number of thiazole rings is 1. The number of rotatable bonds is 9. The number of hydrogen-bond acceptors (Lipinski definition) is 10.